The van der Waals surface area contributed by atoms with E-state index in [1.54, 1.807) is 25.3 Å². The summed E-state index contributed by atoms with van der Waals surface area (Å²) in [6.07, 6.45) is 3.27. The molecule has 1 amide bonds. The van der Waals surface area contributed by atoms with Gasteiger partial charge in [-0.1, -0.05) is 0 Å². The number of rotatable bonds is 7. The molecular formula is C16H21NO5. The van der Waals surface area contributed by atoms with Crippen molar-refractivity contribution in [1.29, 1.82) is 0 Å². The number of carbonyl (C=O) groups is 2. The molecule has 0 bridgehead atoms. The molecule has 2 N–H and O–H groups in total. The Morgan fingerprint density at radius 3 is 2.59 bits per heavy atom. The summed E-state index contributed by atoms with van der Waals surface area (Å²) in [7, 11) is 1.65. The predicted octanol–water partition coefficient (Wildman–Crippen LogP) is 2.36. The van der Waals surface area contributed by atoms with Crippen molar-refractivity contribution in [3.63, 3.8) is 0 Å². The smallest absolute Gasteiger partial charge is 0.341 e. The molecule has 1 fully saturated rings. The summed E-state index contributed by atoms with van der Waals surface area (Å²) in [5.41, 5.74) is 1.21. The quantitative estimate of drug-likeness (QED) is 0.807. The van der Waals surface area contributed by atoms with Gasteiger partial charge < -0.3 is 19.9 Å². The van der Waals surface area contributed by atoms with Gasteiger partial charge >= 0.3 is 5.97 Å². The van der Waals surface area contributed by atoms with Gasteiger partial charge in [0.2, 0.25) is 5.91 Å². The Balaban J connectivity index is 1.94. The first-order valence-corrected chi connectivity index (χ1v) is 7.24. The van der Waals surface area contributed by atoms with Crippen LogP contribution in [0.5, 0.6) is 5.75 Å². The van der Waals surface area contributed by atoms with E-state index in [1.165, 1.54) is 0 Å². The molecule has 0 radical (unpaired) electrons. The average molecular weight is 307 g/mol. The Hall–Kier alpha value is -2.08. The zero-order chi connectivity index (χ0) is 16.2. The van der Waals surface area contributed by atoms with Gasteiger partial charge in [0.05, 0.1) is 12.0 Å². The molecule has 0 unspecified atom stereocenters. The number of carbonyl (C=O) groups excluding carboxylic acids is 1. The lowest BCUT2D eigenvalue weighted by molar-refractivity contribution is -0.139. The molecule has 2 rings (SSSR count). The second kappa shape index (κ2) is 6.79. The van der Waals surface area contributed by atoms with Gasteiger partial charge in [-0.05, 0) is 49.9 Å². The topological polar surface area (TPSA) is 84.9 Å². The number of carboxylic acid groups (broad SMARTS) is 1. The van der Waals surface area contributed by atoms with Gasteiger partial charge in [-0.15, -0.1) is 0 Å². The zero-order valence-corrected chi connectivity index (χ0v) is 12.8. The van der Waals surface area contributed by atoms with Crippen LogP contribution >= 0.6 is 0 Å². The molecule has 1 aliphatic rings. The van der Waals surface area contributed by atoms with Crippen molar-refractivity contribution in [1.82, 2.24) is 0 Å². The van der Waals surface area contributed by atoms with Crippen LogP contribution in [0.15, 0.2) is 18.2 Å². The number of hydrogen-bond donors (Lipinski definition) is 2. The van der Waals surface area contributed by atoms with Crippen molar-refractivity contribution in [2.24, 2.45) is 0 Å². The molecular weight excluding hydrogens is 286 g/mol. The lowest BCUT2D eigenvalue weighted by Crippen LogP contribution is -2.42. The highest BCUT2D eigenvalue weighted by atomic mass is 16.5. The molecule has 0 heterocycles. The van der Waals surface area contributed by atoms with E-state index in [2.05, 4.69) is 5.32 Å². The van der Waals surface area contributed by atoms with Crippen molar-refractivity contribution in [3.05, 3.63) is 23.8 Å². The minimum absolute atomic E-state index is 0.0798. The van der Waals surface area contributed by atoms with Gasteiger partial charge in [-0.2, -0.15) is 0 Å². The Morgan fingerprint density at radius 2 is 2.09 bits per heavy atom. The molecule has 120 valence electrons. The maximum atomic E-state index is 12.1. The molecule has 0 aliphatic heterocycles. The van der Waals surface area contributed by atoms with Crippen LogP contribution in [-0.2, 0) is 14.3 Å². The molecule has 0 aromatic heterocycles. The Labute approximate surface area is 129 Å². The van der Waals surface area contributed by atoms with E-state index in [4.69, 9.17) is 14.6 Å². The monoisotopic (exact) mass is 307 g/mol. The Morgan fingerprint density at radius 1 is 1.36 bits per heavy atom. The molecule has 1 aromatic rings. The number of amides is 1. The van der Waals surface area contributed by atoms with Gasteiger partial charge in [0.15, 0.2) is 6.61 Å². The number of benzene rings is 1. The first-order valence-electron chi connectivity index (χ1n) is 7.24. The van der Waals surface area contributed by atoms with Crippen LogP contribution in [0, 0.1) is 6.92 Å². The van der Waals surface area contributed by atoms with E-state index >= 15 is 0 Å². The van der Waals surface area contributed by atoms with E-state index in [0.717, 1.165) is 24.8 Å². The highest BCUT2D eigenvalue weighted by molar-refractivity contribution is 5.92. The van der Waals surface area contributed by atoms with E-state index in [9.17, 15) is 9.59 Å². The third-order valence-electron chi connectivity index (χ3n) is 4.01. The van der Waals surface area contributed by atoms with E-state index in [-0.39, 0.29) is 18.1 Å². The first kappa shape index (κ1) is 16.3. The summed E-state index contributed by atoms with van der Waals surface area (Å²) in [5.74, 6) is -0.644. The molecule has 0 spiro atoms. The lowest BCUT2D eigenvalue weighted by Gasteiger charge is -2.39. The van der Waals surface area contributed by atoms with Crippen molar-refractivity contribution in [3.8, 4) is 5.75 Å². The number of hydrogen-bond acceptors (Lipinski definition) is 4. The van der Waals surface area contributed by atoms with Crippen LogP contribution in [0.3, 0.4) is 0 Å². The fourth-order valence-electron chi connectivity index (χ4n) is 2.52. The number of anilines is 1. The predicted molar refractivity (Wildman–Crippen MR) is 81.1 cm³/mol. The number of nitrogens with one attached hydrogen (secondary N) is 1. The Kier molecular flexibility index (Phi) is 5.03. The molecule has 6 heteroatoms. The molecule has 1 aromatic carbocycles. The molecule has 0 atom stereocenters. The summed E-state index contributed by atoms with van der Waals surface area (Å²) >= 11 is 0. The molecule has 1 aliphatic carbocycles. The lowest BCUT2D eigenvalue weighted by atomic mass is 9.77. The fraction of sp³-hybridized carbons (Fsp3) is 0.500. The number of ether oxygens (including phenoxy) is 2. The SMILES string of the molecule is COC1(CC(=O)Nc2ccc(OCC(=O)O)cc2C)CCC1. The average Bonchev–Trinajstić information content (AvgIpc) is 2.43. The maximum Gasteiger partial charge on any atom is 0.341 e. The van der Waals surface area contributed by atoms with Crippen molar-refractivity contribution in [2.45, 2.75) is 38.2 Å². The number of aryl methyl sites for hydroxylation is 1. The zero-order valence-electron chi connectivity index (χ0n) is 12.8. The van der Waals surface area contributed by atoms with E-state index in [0.29, 0.717) is 17.9 Å². The summed E-state index contributed by atoms with van der Waals surface area (Å²) in [4.78, 5) is 22.6. The second-order valence-electron chi connectivity index (χ2n) is 5.62. The van der Waals surface area contributed by atoms with Crippen LogP contribution < -0.4 is 10.1 Å². The molecule has 22 heavy (non-hydrogen) atoms. The largest absolute Gasteiger partial charge is 0.482 e. The first-order chi connectivity index (χ1) is 10.4. The fourth-order valence-corrected chi connectivity index (χ4v) is 2.52. The summed E-state index contributed by atoms with van der Waals surface area (Å²) in [6, 6.07) is 5.06. The van der Waals surface area contributed by atoms with Gasteiger partial charge in [-0.25, -0.2) is 4.79 Å². The summed E-state index contributed by atoms with van der Waals surface area (Å²) in [6.45, 7) is 1.44. The summed E-state index contributed by atoms with van der Waals surface area (Å²) < 4.78 is 10.5. The van der Waals surface area contributed by atoms with E-state index < -0.39 is 5.97 Å². The molecule has 1 saturated carbocycles. The standard InChI is InChI=1S/C16H21NO5/c1-11-8-12(22-10-15(19)20)4-5-13(11)17-14(18)9-16(21-2)6-3-7-16/h4-5,8H,3,6-7,9-10H2,1-2H3,(H,17,18)(H,19,20). The number of methoxy groups -OCH3 is 1. The summed E-state index contributed by atoms with van der Waals surface area (Å²) in [5, 5.41) is 11.5. The van der Waals surface area contributed by atoms with Crippen molar-refractivity contribution in [2.75, 3.05) is 19.0 Å². The minimum atomic E-state index is -1.03. The van der Waals surface area contributed by atoms with Crippen LogP contribution in [0.1, 0.15) is 31.2 Å². The minimum Gasteiger partial charge on any atom is -0.482 e. The highest BCUT2D eigenvalue weighted by Gasteiger charge is 2.39. The van der Waals surface area contributed by atoms with Gasteiger partial charge in [0.25, 0.3) is 0 Å². The number of carboxylic acids is 1. The van der Waals surface area contributed by atoms with Crippen LogP contribution in [-0.4, -0.2) is 36.3 Å². The van der Waals surface area contributed by atoms with Gasteiger partial charge in [0, 0.05) is 12.8 Å². The normalized spacial score (nSPS) is 15.7. The van der Waals surface area contributed by atoms with Crippen molar-refractivity contribution >= 4 is 17.6 Å². The Bertz CT molecular complexity index is 560. The highest BCUT2D eigenvalue weighted by Crippen LogP contribution is 2.38. The molecule has 0 saturated heterocycles. The van der Waals surface area contributed by atoms with Gasteiger partial charge in [-0.3, -0.25) is 4.79 Å². The maximum absolute atomic E-state index is 12.1. The van der Waals surface area contributed by atoms with E-state index in [1.807, 2.05) is 6.92 Å². The third kappa shape index (κ3) is 3.98. The van der Waals surface area contributed by atoms with Crippen molar-refractivity contribution < 1.29 is 24.2 Å². The van der Waals surface area contributed by atoms with Gasteiger partial charge in [0.1, 0.15) is 5.75 Å². The van der Waals surface area contributed by atoms with Crippen LogP contribution in [0.25, 0.3) is 0 Å². The second-order valence-corrected chi connectivity index (χ2v) is 5.62. The number of aliphatic carboxylic acids is 1. The van der Waals surface area contributed by atoms with Crippen LogP contribution in [0.2, 0.25) is 0 Å². The third-order valence-corrected chi connectivity index (χ3v) is 4.01. The molecule has 6 nitrogen and oxygen atoms in total. The van der Waals surface area contributed by atoms with Crippen LogP contribution in [0.4, 0.5) is 5.69 Å².